The first kappa shape index (κ1) is 15.2. The van der Waals surface area contributed by atoms with E-state index in [0.29, 0.717) is 31.6 Å². The minimum Gasteiger partial charge on any atom is -0.445 e. The van der Waals surface area contributed by atoms with Crippen LogP contribution in [0.1, 0.15) is 0 Å². The fourth-order valence-electron chi connectivity index (χ4n) is 1.77. The molecule has 3 nitrogen and oxygen atoms in total. The van der Waals surface area contributed by atoms with Crippen LogP contribution >= 0.6 is 59.4 Å². The van der Waals surface area contributed by atoms with Crippen molar-refractivity contribution in [2.24, 2.45) is 0 Å². The third-order valence-corrected chi connectivity index (χ3v) is 5.69. The molecule has 1 aromatic carbocycles. The number of hydrogen-bond acceptors (Lipinski definition) is 3. The Kier molecular flexibility index (Phi) is 4.49. The fraction of sp³-hybridized carbons (Fsp3) is 0. The monoisotopic (exact) mass is 490 g/mol. The summed E-state index contributed by atoms with van der Waals surface area (Å²) in [5, 5.41) is 0.336. The summed E-state index contributed by atoms with van der Waals surface area (Å²) >= 11 is 16.3. The molecule has 0 unspecified atom stereocenters. The lowest BCUT2D eigenvalue weighted by molar-refractivity contribution is 0.549. The Balaban J connectivity index is 2.18. The van der Waals surface area contributed by atoms with Crippen LogP contribution in [0.15, 0.2) is 54.4 Å². The number of furan rings is 1. The summed E-state index contributed by atoms with van der Waals surface area (Å²) in [6.45, 7) is 0. The van der Waals surface area contributed by atoms with Crippen molar-refractivity contribution < 1.29 is 4.42 Å². The molecule has 7 heteroatoms. The van der Waals surface area contributed by atoms with Crippen molar-refractivity contribution in [1.29, 1.82) is 0 Å². The van der Waals surface area contributed by atoms with E-state index < -0.39 is 0 Å². The molecule has 0 radical (unpaired) electrons. The third-order valence-electron chi connectivity index (χ3n) is 2.72. The zero-order valence-electron chi connectivity index (χ0n) is 10.3. The predicted molar refractivity (Wildman–Crippen MR) is 93.3 cm³/mol. The van der Waals surface area contributed by atoms with E-state index in [-0.39, 0.29) is 0 Å². The molecule has 0 saturated heterocycles. The molecule has 0 aliphatic carbocycles. The maximum absolute atomic E-state index is 6.20. The van der Waals surface area contributed by atoms with Crippen LogP contribution in [0.5, 0.6) is 0 Å². The van der Waals surface area contributed by atoms with Gasteiger partial charge in [0.05, 0.1) is 14.6 Å². The zero-order valence-corrected chi connectivity index (χ0v) is 15.8. The minimum absolute atomic E-state index is 0.336. The summed E-state index contributed by atoms with van der Waals surface area (Å²) in [7, 11) is 0. The summed E-state index contributed by atoms with van der Waals surface area (Å²) in [5.41, 5.74) is 1.66. The van der Waals surface area contributed by atoms with Crippen molar-refractivity contribution in [1.82, 2.24) is 9.97 Å². The normalized spacial score (nSPS) is 10.9. The molecule has 0 saturated carbocycles. The van der Waals surface area contributed by atoms with E-state index in [9.17, 15) is 0 Å². The molecule has 0 bridgehead atoms. The molecule has 21 heavy (non-hydrogen) atoms. The van der Waals surface area contributed by atoms with Crippen LogP contribution in [0.2, 0.25) is 5.15 Å². The van der Waals surface area contributed by atoms with E-state index in [2.05, 4.69) is 57.8 Å². The van der Waals surface area contributed by atoms with Gasteiger partial charge in [0.25, 0.3) is 0 Å². The van der Waals surface area contributed by atoms with E-state index in [4.69, 9.17) is 16.0 Å². The van der Waals surface area contributed by atoms with Gasteiger partial charge in [-0.1, -0.05) is 41.9 Å². The first-order valence-corrected chi connectivity index (χ1v) is 8.55. The van der Waals surface area contributed by atoms with Crippen molar-refractivity contribution >= 4 is 59.4 Å². The second-order valence-corrected chi connectivity index (χ2v) is 6.82. The summed E-state index contributed by atoms with van der Waals surface area (Å²) in [6, 6.07) is 11.5. The topological polar surface area (TPSA) is 38.9 Å². The largest absolute Gasteiger partial charge is 0.445 e. The van der Waals surface area contributed by atoms with Crippen LogP contribution in [0.25, 0.3) is 22.8 Å². The standard InChI is InChI=1S/C14H6Br3ClN2O/c15-8-6-9(21-12(8)17)14-19-11(10(16)13(18)20-14)7-4-2-1-3-5-7/h1-6H. The van der Waals surface area contributed by atoms with Gasteiger partial charge in [-0.15, -0.1) is 0 Å². The highest BCUT2D eigenvalue weighted by atomic mass is 79.9. The Labute approximate surface area is 151 Å². The van der Waals surface area contributed by atoms with Gasteiger partial charge in [-0.2, -0.15) is 0 Å². The van der Waals surface area contributed by atoms with Gasteiger partial charge in [0.2, 0.25) is 0 Å². The Morgan fingerprint density at radius 3 is 2.33 bits per heavy atom. The molecule has 0 aliphatic rings. The van der Waals surface area contributed by atoms with Gasteiger partial charge in [-0.25, -0.2) is 9.97 Å². The zero-order chi connectivity index (χ0) is 15.0. The molecule has 0 spiro atoms. The molecule has 3 aromatic rings. The lowest BCUT2D eigenvalue weighted by Crippen LogP contribution is -1.94. The fourth-order valence-corrected chi connectivity index (χ4v) is 2.93. The SMILES string of the molecule is Clc1nc(-c2cc(Br)c(Br)o2)nc(-c2ccccc2)c1Br. The van der Waals surface area contributed by atoms with Gasteiger partial charge >= 0.3 is 0 Å². The maximum Gasteiger partial charge on any atom is 0.197 e. The average Bonchev–Trinajstić information content (AvgIpc) is 2.82. The van der Waals surface area contributed by atoms with E-state index in [1.54, 1.807) is 6.07 Å². The molecular weight excluding hydrogens is 487 g/mol. The highest BCUT2D eigenvalue weighted by molar-refractivity contribution is 9.13. The molecule has 2 aromatic heterocycles. The van der Waals surface area contributed by atoms with Gasteiger partial charge in [0.1, 0.15) is 5.15 Å². The molecule has 0 fully saturated rings. The third kappa shape index (κ3) is 3.08. The Morgan fingerprint density at radius 2 is 1.71 bits per heavy atom. The number of aromatic nitrogens is 2. The van der Waals surface area contributed by atoms with Gasteiger partial charge in [0.15, 0.2) is 16.3 Å². The van der Waals surface area contributed by atoms with Gasteiger partial charge < -0.3 is 4.42 Å². The Morgan fingerprint density at radius 1 is 1.00 bits per heavy atom. The first-order valence-electron chi connectivity index (χ1n) is 5.80. The van der Waals surface area contributed by atoms with Crippen molar-refractivity contribution in [3.05, 3.63) is 55.2 Å². The van der Waals surface area contributed by atoms with E-state index >= 15 is 0 Å². The number of rotatable bonds is 2. The molecule has 0 amide bonds. The molecule has 0 N–H and O–H groups in total. The average molecular weight is 493 g/mol. The maximum atomic E-state index is 6.20. The molecule has 106 valence electrons. The van der Waals surface area contributed by atoms with E-state index in [1.807, 2.05) is 30.3 Å². The predicted octanol–water partition coefficient (Wildman–Crippen LogP) is 6.34. The van der Waals surface area contributed by atoms with Crippen molar-refractivity contribution in [2.75, 3.05) is 0 Å². The quantitative estimate of drug-likeness (QED) is 0.391. The highest BCUT2D eigenvalue weighted by Gasteiger charge is 2.17. The van der Waals surface area contributed by atoms with Crippen LogP contribution < -0.4 is 0 Å². The van der Waals surface area contributed by atoms with Crippen molar-refractivity contribution in [2.45, 2.75) is 0 Å². The van der Waals surface area contributed by atoms with Crippen LogP contribution in [0.3, 0.4) is 0 Å². The summed E-state index contributed by atoms with van der Waals surface area (Å²) in [4.78, 5) is 8.81. The van der Waals surface area contributed by atoms with Gasteiger partial charge in [-0.05, 0) is 47.8 Å². The van der Waals surface area contributed by atoms with Crippen LogP contribution in [0, 0.1) is 0 Å². The van der Waals surface area contributed by atoms with E-state index in [0.717, 1.165) is 10.0 Å². The van der Waals surface area contributed by atoms with Gasteiger partial charge in [-0.3, -0.25) is 0 Å². The molecule has 0 atom stereocenters. The van der Waals surface area contributed by atoms with Crippen molar-refractivity contribution in [3.63, 3.8) is 0 Å². The molecule has 3 rings (SSSR count). The smallest absolute Gasteiger partial charge is 0.197 e. The lowest BCUT2D eigenvalue weighted by atomic mass is 10.1. The second kappa shape index (κ2) is 6.20. The molecule has 2 heterocycles. The minimum atomic E-state index is 0.336. The number of nitrogens with zero attached hydrogens (tertiary/aromatic N) is 2. The first-order chi connectivity index (χ1) is 10.1. The summed E-state index contributed by atoms with van der Waals surface area (Å²) in [5.74, 6) is 0.953. The number of benzene rings is 1. The molecule has 0 aliphatic heterocycles. The van der Waals surface area contributed by atoms with Crippen molar-refractivity contribution in [3.8, 4) is 22.8 Å². The van der Waals surface area contributed by atoms with Crippen LogP contribution in [0.4, 0.5) is 0 Å². The Hall–Kier alpha value is -0.690. The number of halogens is 4. The lowest BCUT2D eigenvalue weighted by Gasteiger charge is -2.07. The summed E-state index contributed by atoms with van der Waals surface area (Å²) < 4.78 is 7.59. The van der Waals surface area contributed by atoms with Crippen LogP contribution in [-0.4, -0.2) is 9.97 Å². The van der Waals surface area contributed by atoms with Gasteiger partial charge in [0, 0.05) is 11.6 Å². The van der Waals surface area contributed by atoms with Crippen LogP contribution in [-0.2, 0) is 0 Å². The second-order valence-electron chi connectivity index (χ2n) is 4.10. The Bertz CT molecular complexity index is 786. The number of hydrogen-bond donors (Lipinski definition) is 0. The highest BCUT2D eigenvalue weighted by Crippen LogP contribution is 2.36. The molecular formula is C14H6Br3ClN2O. The summed E-state index contributed by atoms with van der Waals surface area (Å²) in [6.07, 6.45) is 0. The van der Waals surface area contributed by atoms with E-state index in [1.165, 1.54) is 0 Å².